The van der Waals surface area contributed by atoms with Crippen LogP contribution in [0.4, 0.5) is 0 Å². The molecule has 0 aliphatic rings. The van der Waals surface area contributed by atoms with Gasteiger partial charge in [0.05, 0.1) is 6.33 Å². The van der Waals surface area contributed by atoms with Crippen molar-refractivity contribution in [3.63, 3.8) is 0 Å². The van der Waals surface area contributed by atoms with Crippen LogP contribution in [0, 0.1) is 0 Å². The highest BCUT2D eigenvalue weighted by Gasteiger charge is 2.31. The van der Waals surface area contributed by atoms with Crippen LogP contribution >= 0.6 is 35.0 Å². The second-order valence-corrected chi connectivity index (χ2v) is 9.62. The molecule has 148 valence electrons. The Balaban J connectivity index is 1.85. The summed E-state index contributed by atoms with van der Waals surface area (Å²) in [4.78, 5) is 5.52. The van der Waals surface area contributed by atoms with Gasteiger partial charge in [0.25, 0.3) is 0 Å². The molecule has 28 heavy (non-hydrogen) atoms. The first-order chi connectivity index (χ1) is 13.6. The standard InChI is InChI=1S/C23H26Cl2N2S/c1-2-3-13-23(17-27-16-15-26-18-27,28-22-10-8-21(25)9-11-22)14-12-19-4-6-20(24)7-5-19/h4-11,15-16,18H,2-3,12-14,17H2,1H3. The average molecular weight is 433 g/mol. The lowest BCUT2D eigenvalue weighted by atomic mass is 9.93. The van der Waals surface area contributed by atoms with Gasteiger partial charge in [0, 0.05) is 38.6 Å². The summed E-state index contributed by atoms with van der Waals surface area (Å²) in [6.07, 6.45) is 11.5. The molecule has 0 radical (unpaired) electrons. The fourth-order valence-corrected chi connectivity index (χ4v) is 5.09. The van der Waals surface area contributed by atoms with Gasteiger partial charge in [-0.2, -0.15) is 0 Å². The summed E-state index contributed by atoms with van der Waals surface area (Å²) in [5, 5.41) is 1.56. The fourth-order valence-electron chi connectivity index (χ4n) is 3.41. The van der Waals surface area contributed by atoms with Gasteiger partial charge in [-0.15, -0.1) is 11.8 Å². The molecule has 0 spiro atoms. The zero-order valence-corrected chi connectivity index (χ0v) is 18.5. The molecule has 0 saturated heterocycles. The Hall–Kier alpha value is -1.42. The van der Waals surface area contributed by atoms with Crippen molar-refractivity contribution in [2.45, 2.75) is 55.2 Å². The summed E-state index contributed by atoms with van der Waals surface area (Å²) < 4.78 is 2.30. The molecule has 1 aromatic heterocycles. The van der Waals surface area contributed by atoms with E-state index in [4.69, 9.17) is 23.2 Å². The van der Waals surface area contributed by atoms with Crippen LogP contribution in [-0.4, -0.2) is 14.3 Å². The number of rotatable bonds is 10. The van der Waals surface area contributed by atoms with Gasteiger partial charge in [0.15, 0.2) is 0 Å². The average Bonchev–Trinajstić information content (AvgIpc) is 3.20. The lowest BCUT2D eigenvalue weighted by molar-refractivity contribution is 0.421. The number of unbranched alkanes of at least 4 members (excludes halogenated alkanes) is 1. The van der Waals surface area contributed by atoms with E-state index in [0.29, 0.717) is 0 Å². The molecular formula is C23H26Cl2N2S. The topological polar surface area (TPSA) is 17.8 Å². The van der Waals surface area contributed by atoms with Crippen molar-refractivity contribution in [2.75, 3.05) is 0 Å². The van der Waals surface area contributed by atoms with Crippen LogP contribution in [0.5, 0.6) is 0 Å². The predicted octanol–water partition coefficient (Wildman–Crippen LogP) is 7.54. The molecule has 0 bridgehead atoms. The lowest BCUT2D eigenvalue weighted by Crippen LogP contribution is -2.31. The van der Waals surface area contributed by atoms with Crippen LogP contribution in [0.15, 0.2) is 72.1 Å². The third kappa shape index (κ3) is 6.30. The number of aromatic nitrogens is 2. The van der Waals surface area contributed by atoms with Crippen LogP contribution in [0.3, 0.4) is 0 Å². The molecule has 0 aliphatic carbocycles. The monoisotopic (exact) mass is 432 g/mol. The highest BCUT2D eigenvalue weighted by Crippen LogP contribution is 2.42. The van der Waals surface area contributed by atoms with Crippen LogP contribution in [0.1, 0.15) is 38.2 Å². The van der Waals surface area contributed by atoms with E-state index in [0.717, 1.165) is 35.9 Å². The van der Waals surface area contributed by atoms with Gasteiger partial charge in [-0.25, -0.2) is 4.98 Å². The minimum Gasteiger partial charge on any atom is -0.336 e. The lowest BCUT2D eigenvalue weighted by Gasteiger charge is -2.34. The summed E-state index contributed by atoms with van der Waals surface area (Å²) >= 11 is 14.1. The minimum absolute atomic E-state index is 0.0875. The van der Waals surface area contributed by atoms with E-state index in [2.05, 4.69) is 46.9 Å². The minimum atomic E-state index is 0.0875. The van der Waals surface area contributed by atoms with Crippen LogP contribution in [0.2, 0.25) is 10.0 Å². The molecule has 0 amide bonds. The summed E-state index contributed by atoms with van der Waals surface area (Å²) in [6, 6.07) is 16.4. The molecule has 0 N–H and O–H groups in total. The SMILES string of the molecule is CCCCC(CCc1ccc(Cl)cc1)(Cn1ccnc1)Sc1ccc(Cl)cc1. The number of nitrogens with zero attached hydrogens (tertiary/aromatic N) is 2. The number of hydrogen-bond donors (Lipinski definition) is 0. The maximum Gasteiger partial charge on any atom is 0.0946 e. The summed E-state index contributed by atoms with van der Waals surface area (Å²) in [7, 11) is 0. The maximum atomic E-state index is 6.10. The number of benzene rings is 2. The van der Waals surface area contributed by atoms with E-state index < -0.39 is 0 Å². The molecule has 5 heteroatoms. The number of aryl methyl sites for hydroxylation is 1. The first-order valence-corrected chi connectivity index (χ1v) is 11.3. The first kappa shape index (κ1) is 21.3. The van der Waals surface area contributed by atoms with Gasteiger partial charge < -0.3 is 4.57 Å². The van der Waals surface area contributed by atoms with Gasteiger partial charge in [0.2, 0.25) is 0 Å². The number of thioether (sulfide) groups is 1. The molecule has 1 atom stereocenters. The second kappa shape index (κ2) is 10.4. The molecule has 1 unspecified atom stereocenters. The Morgan fingerprint density at radius 1 is 0.964 bits per heavy atom. The van der Waals surface area contributed by atoms with Crippen molar-refractivity contribution in [1.29, 1.82) is 0 Å². The van der Waals surface area contributed by atoms with E-state index in [1.807, 2.05) is 48.6 Å². The fraction of sp³-hybridized carbons (Fsp3) is 0.348. The molecule has 2 nitrogen and oxygen atoms in total. The zero-order chi connectivity index (χ0) is 19.8. The van der Waals surface area contributed by atoms with E-state index in [1.165, 1.54) is 23.3 Å². The molecule has 3 aromatic rings. The van der Waals surface area contributed by atoms with Gasteiger partial charge in [-0.05, 0) is 61.2 Å². The maximum absolute atomic E-state index is 6.10. The molecule has 3 rings (SSSR count). The Bertz CT molecular complexity index is 832. The summed E-state index contributed by atoms with van der Waals surface area (Å²) in [6.45, 7) is 3.20. The molecular weight excluding hydrogens is 407 g/mol. The Kier molecular flexibility index (Phi) is 7.90. The molecule has 0 saturated carbocycles. The van der Waals surface area contributed by atoms with Crippen LogP contribution < -0.4 is 0 Å². The second-order valence-electron chi connectivity index (χ2n) is 7.20. The number of hydrogen-bond acceptors (Lipinski definition) is 2. The molecule has 0 fully saturated rings. The molecule has 1 heterocycles. The number of halogens is 2. The van der Waals surface area contributed by atoms with Crippen molar-refractivity contribution in [2.24, 2.45) is 0 Å². The quantitative estimate of drug-likeness (QED) is 0.307. The summed E-state index contributed by atoms with van der Waals surface area (Å²) in [5.41, 5.74) is 1.33. The normalized spacial score (nSPS) is 13.4. The van der Waals surface area contributed by atoms with Gasteiger partial charge in [-0.1, -0.05) is 55.1 Å². The Labute approximate surface area is 182 Å². The van der Waals surface area contributed by atoms with E-state index in [1.54, 1.807) is 0 Å². The van der Waals surface area contributed by atoms with E-state index in [9.17, 15) is 0 Å². The predicted molar refractivity (Wildman–Crippen MR) is 122 cm³/mol. The van der Waals surface area contributed by atoms with E-state index >= 15 is 0 Å². The van der Waals surface area contributed by atoms with Crippen LogP contribution in [-0.2, 0) is 13.0 Å². The third-order valence-corrected chi connectivity index (χ3v) is 6.93. The first-order valence-electron chi connectivity index (χ1n) is 9.73. The number of imidazole rings is 1. The van der Waals surface area contributed by atoms with Crippen molar-refractivity contribution in [3.05, 3.63) is 82.9 Å². The van der Waals surface area contributed by atoms with Crippen molar-refractivity contribution < 1.29 is 0 Å². The van der Waals surface area contributed by atoms with Crippen LogP contribution in [0.25, 0.3) is 0 Å². The van der Waals surface area contributed by atoms with Gasteiger partial charge in [-0.3, -0.25) is 0 Å². The van der Waals surface area contributed by atoms with Crippen molar-refractivity contribution in [3.8, 4) is 0 Å². The van der Waals surface area contributed by atoms with Crippen molar-refractivity contribution >= 4 is 35.0 Å². The van der Waals surface area contributed by atoms with Gasteiger partial charge >= 0.3 is 0 Å². The van der Waals surface area contributed by atoms with Gasteiger partial charge in [0.1, 0.15) is 0 Å². The Morgan fingerprint density at radius 2 is 1.64 bits per heavy atom. The van der Waals surface area contributed by atoms with Crippen molar-refractivity contribution in [1.82, 2.24) is 9.55 Å². The highest BCUT2D eigenvalue weighted by atomic mass is 35.5. The highest BCUT2D eigenvalue weighted by molar-refractivity contribution is 8.00. The molecule has 2 aromatic carbocycles. The van der Waals surface area contributed by atoms with E-state index in [-0.39, 0.29) is 4.75 Å². The largest absolute Gasteiger partial charge is 0.336 e. The third-order valence-electron chi connectivity index (χ3n) is 4.95. The zero-order valence-electron chi connectivity index (χ0n) is 16.2. The molecule has 0 aliphatic heterocycles. The Morgan fingerprint density at radius 3 is 2.25 bits per heavy atom. The smallest absolute Gasteiger partial charge is 0.0946 e. The summed E-state index contributed by atoms with van der Waals surface area (Å²) in [5.74, 6) is 0.